The van der Waals surface area contributed by atoms with E-state index in [1.165, 1.54) is 29.3 Å². The van der Waals surface area contributed by atoms with Crippen molar-refractivity contribution in [3.63, 3.8) is 0 Å². The zero-order valence-electron chi connectivity index (χ0n) is 16.3. The maximum atomic E-state index is 13.2. The number of nitrogens with zero attached hydrogens (tertiary/aromatic N) is 4. The summed E-state index contributed by atoms with van der Waals surface area (Å²) < 4.78 is 27.9. The van der Waals surface area contributed by atoms with Gasteiger partial charge in [-0.15, -0.1) is 21.5 Å². The molecule has 29 heavy (non-hydrogen) atoms. The largest absolute Gasteiger partial charge is 0.270 e. The first-order valence-corrected chi connectivity index (χ1v) is 12.2. The first-order chi connectivity index (χ1) is 13.9. The van der Waals surface area contributed by atoms with E-state index in [-0.39, 0.29) is 16.5 Å². The lowest BCUT2D eigenvalue weighted by Crippen LogP contribution is -2.39. The SMILES string of the molecule is Cc1ccc([N+](=O)[O-])cc1S(=O)(=O)N1CCCC(c2nnc(C3CCCC3)s2)C1. The first kappa shape index (κ1) is 20.4. The number of hydrogen-bond acceptors (Lipinski definition) is 7. The van der Waals surface area contributed by atoms with E-state index in [1.54, 1.807) is 18.3 Å². The average Bonchev–Trinajstić information content (AvgIpc) is 3.40. The van der Waals surface area contributed by atoms with Crippen LogP contribution in [0, 0.1) is 17.0 Å². The van der Waals surface area contributed by atoms with Gasteiger partial charge in [-0.2, -0.15) is 4.31 Å². The van der Waals surface area contributed by atoms with E-state index in [9.17, 15) is 18.5 Å². The Morgan fingerprint density at radius 3 is 2.45 bits per heavy atom. The second-order valence-corrected chi connectivity index (χ2v) is 10.8. The Morgan fingerprint density at radius 2 is 1.76 bits per heavy atom. The van der Waals surface area contributed by atoms with Crippen LogP contribution in [0.15, 0.2) is 23.1 Å². The number of nitro groups is 1. The molecular formula is C19H24N4O4S2. The highest BCUT2D eigenvalue weighted by atomic mass is 32.2. The van der Waals surface area contributed by atoms with Crippen LogP contribution < -0.4 is 0 Å². The molecule has 0 radical (unpaired) electrons. The van der Waals surface area contributed by atoms with Gasteiger partial charge in [0.15, 0.2) is 0 Å². The summed E-state index contributed by atoms with van der Waals surface area (Å²) in [5.74, 6) is 0.516. The van der Waals surface area contributed by atoms with Crippen molar-refractivity contribution in [2.24, 2.45) is 0 Å². The quantitative estimate of drug-likeness (QED) is 0.518. The number of aryl methyl sites for hydroxylation is 1. The summed E-state index contributed by atoms with van der Waals surface area (Å²) in [6, 6.07) is 3.99. The Kier molecular flexibility index (Phi) is 5.67. The minimum absolute atomic E-state index is 0.0104. The number of hydrogen-bond donors (Lipinski definition) is 0. The molecule has 0 amide bonds. The van der Waals surface area contributed by atoms with Gasteiger partial charge in [0.25, 0.3) is 5.69 Å². The van der Waals surface area contributed by atoms with Crippen LogP contribution in [0.1, 0.15) is 65.9 Å². The molecule has 2 aliphatic rings. The molecule has 1 aromatic carbocycles. The van der Waals surface area contributed by atoms with E-state index in [2.05, 4.69) is 10.2 Å². The van der Waals surface area contributed by atoms with Crippen molar-refractivity contribution in [3.05, 3.63) is 43.9 Å². The van der Waals surface area contributed by atoms with Gasteiger partial charge in [-0.3, -0.25) is 10.1 Å². The molecule has 0 N–H and O–H groups in total. The Balaban J connectivity index is 1.56. The topological polar surface area (TPSA) is 106 Å². The predicted molar refractivity (Wildman–Crippen MR) is 110 cm³/mol. The molecule has 1 aliphatic carbocycles. The summed E-state index contributed by atoms with van der Waals surface area (Å²) in [5, 5.41) is 21.9. The van der Waals surface area contributed by atoms with Gasteiger partial charge >= 0.3 is 0 Å². The predicted octanol–water partition coefficient (Wildman–Crippen LogP) is 3.98. The van der Waals surface area contributed by atoms with Gasteiger partial charge in [0.1, 0.15) is 10.0 Å². The van der Waals surface area contributed by atoms with Crippen molar-refractivity contribution in [1.29, 1.82) is 0 Å². The molecule has 4 rings (SSSR count). The second kappa shape index (κ2) is 8.08. The van der Waals surface area contributed by atoms with Crippen LogP contribution in [0.4, 0.5) is 5.69 Å². The van der Waals surface area contributed by atoms with Crippen LogP contribution in [0.2, 0.25) is 0 Å². The molecule has 0 bridgehead atoms. The molecular weight excluding hydrogens is 412 g/mol. The number of nitro benzene ring substituents is 1. The number of piperidine rings is 1. The maximum absolute atomic E-state index is 13.2. The number of sulfonamides is 1. The van der Waals surface area contributed by atoms with Crippen LogP contribution in [0.3, 0.4) is 0 Å². The lowest BCUT2D eigenvalue weighted by atomic mass is 10.0. The molecule has 8 nitrogen and oxygen atoms in total. The minimum Gasteiger partial charge on any atom is -0.258 e. The monoisotopic (exact) mass is 436 g/mol. The highest BCUT2D eigenvalue weighted by Crippen LogP contribution is 2.39. The highest BCUT2D eigenvalue weighted by Gasteiger charge is 2.34. The molecule has 156 valence electrons. The van der Waals surface area contributed by atoms with Gasteiger partial charge < -0.3 is 0 Å². The third kappa shape index (κ3) is 4.06. The number of non-ortho nitro benzene ring substituents is 1. The third-order valence-electron chi connectivity index (χ3n) is 5.89. The molecule has 1 saturated carbocycles. The molecule has 10 heteroatoms. The zero-order valence-corrected chi connectivity index (χ0v) is 17.9. The van der Waals surface area contributed by atoms with Gasteiger partial charge in [0.05, 0.1) is 9.82 Å². The van der Waals surface area contributed by atoms with Crippen molar-refractivity contribution >= 4 is 27.0 Å². The van der Waals surface area contributed by atoms with Gasteiger partial charge in [-0.25, -0.2) is 8.42 Å². The molecule has 1 aromatic heterocycles. The van der Waals surface area contributed by atoms with Gasteiger partial charge in [0.2, 0.25) is 10.0 Å². The summed E-state index contributed by atoms with van der Waals surface area (Å²) in [4.78, 5) is 10.5. The smallest absolute Gasteiger partial charge is 0.258 e. The fourth-order valence-electron chi connectivity index (χ4n) is 4.23. The van der Waals surface area contributed by atoms with Crippen molar-refractivity contribution < 1.29 is 13.3 Å². The average molecular weight is 437 g/mol. The number of rotatable bonds is 5. The lowest BCUT2D eigenvalue weighted by Gasteiger charge is -2.31. The maximum Gasteiger partial charge on any atom is 0.270 e. The number of aromatic nitrogens is 2. The Hall–Kier alpha value is -1.91. The second-order valence-electron chi connectivity index (χ2n) is 7.87. The van der Waals surface area contributed by atoms with Crippen LogP contribution in [0.5, 0.6) is 0 Å². The van der Waals surface area contributed by atoms with E-state index in [1.807, 2.05) is 0 Å². The zero-order chi connectivity index (χ0) is 20.6. The summed E-state index contributed by atoms with van der Waals surface area (Å²) >= 11 is 1.62. The summed E-state index contributed by atoms with van der Waals surface area (Å²) in [5.41, 5.74) is 0.297. The van der Waals surface area contributed by atoms with E-state index in [0.29, 0.717) is 24.6 Å². The van der Waals surface area contributed by atoms with Gasteiger partial charge in [-0.1, -0.05) is 18.9 Å². The Morgan fingerprint density at radius 1 is 1.10 bits per heavy atom. The first-order valence-electron chi connectivity index (χ1n) is 9.95. The van der Waals surface area contributed by atoms with Gasteiger partial charge in [0, 0.05) is 37.1 Å². The van der Waals surface area contributed by atoms with Crippen molar-refractivity contribution in [1.82, 2.24) is 14.5 Å². The van der Waals surface area contributed by atoms with Crippen molar-refractivity contribution in [2.75, 3.05) is 13.1 Å². The van der Waals surface area contributed by atoms with Crippen LogP contribution in [-0.2, 0) is 10.0 Å². The van der Waals surface area contributed by atoms with Crippen LogP contribution in [-0.4, -0.2) is 40.9 Å². The van der Waals surface area contributed by atoms with Crippen LogP contribution in [0.25, 0.3) is 0 Å². The van der Waals surface area contributed by atoms with E-state index < -0.39 is 14.9 Å². The van der Waals surface area contributed by atoms with E-state index in [4.69, 9.17) is 0 Å². The van der Waals surface area contributed by atoms with Gasteiger partial charge in [-0.05, 0) is 38.2 Å². The summed E-state index contributed by atoms with van der Waals surface area (Å²) in [7, 11) is -3.81. The molecule has 2 heterocycles. The fourth-order valence-corrected chi connectivity index (χ4v) is 7.14. The van der Waals surface area contributed by atoms with E-state index in [0.717, 1.165) is 41.8 Å². The number of benzene rings is 1. The van der Waals surface area contributed by atoms with Crippen molar-refractivity contribution in [3.8, 4) is 0 Å². The molecule has 1 atom stereocenters. The molecule has 0 spiro atoms. The molecule has 1 unspecified atom stereocenters. The standard InChI is InChI=1S/C19H24N4O4S2/c1-13-8-9-16(23(24)25)11-17(13)29(26,27)22-10-4-7-15(12-22)19-21-20-18(28-19)14-5-2-3-6-14/h8-9,11,14-15H,2-7,10,12H2,1H3. The fraction of sp³-hybridized carbons (Fsp3) is 0.579. The van der Waals surface area contributed by atoms with Crippen molar-refractivity contribution in [2.45, 2.75) is 62.2 Å². The Labute approximate surface area is 174 Å². The summed E-state index contributed by atoms with van der Waals surface area (Å²) in [6.07, 6.45) is 6.39. The molecule has 2 aromatic rings. The normalized spacial score (nSPS) is 21.5. The molecule has 1 saturated heterocycles. The minimum atomic E-state index is -3.81. The highest BCUT2D eigenvalue weighted by molar-refractivity contribution is 7.89. The third-order valence-corrected chi connectivity index (χ3v) is 9.15. The van der Waals surface area contributed by atoms with E-state index >= 15 is 0 Å². The lowest BCUT2D eigenvalue weighted by molar-refractivity contribution is -0.385. The molecule has 2 fully saturated rings. The van der Waals surface area contributed by atoms with Crippen LogP contribution >= 0.6 is 11.3 Å². The summed E-state index contributed by atoms with van der Waals surface area (Å²) in [6.45, 7) is 2.41. The Bertz CT molecular complexity index is 1010. The molecule has 1 aliphatic heterocycles.